The summed E-state index contributed by atoms with van der Waals surface area (Å²) in [6, 6.07) is 2.93. The lowest BCUT2D eigenvalue weighted by Gasteiger charge is -2.17. The van der Waals surface area contributed by atoms with E-state index in [4.69, 9.17) is 22.1 Å². The summed E-state index contributed by atoms with van der Waals surface area (Å²) in [5.41, 5.74) is 7.54. The van der Waals surface area contributed by atoms with E-state index in [9.17, 15) is 4.39 Å². The first kappa shape index (κ1) is 13.6. The van der Waals surface area contributed by atoms with E-state index in [1.165, 1.54) is 6.07 Å². The molecular weight excluding hydrogens is 281 g/mol. The van der Waals surface area contributed by atoms with Crippen LogP contribution in [0.25, 0.3) is 11.0 Å². The molecule has 0 bridgehead atoms. The van der Waals surface area contributed by atoms with Gasteiger partial charge < -0.3 is 15.0 Å². The molecule has 0 unspecified atom stereocenters. The number of halogens is 2. The number of nitrogen functional groups attached to an aromatic ring is 1. The highest BCUT2D eigenvalue weighted by molar-refractivity contribution is 6.31. The van der Waals surface area contributed by atoms with Crippen LogP contribution in [0.4, 0.5) is 10.3 Å². The fourth-order valence-electron chi connectivity index (χ4n) is 2.62. The van der Waals surface area contributed by atoms with Crippen LogP contribution in [0.5, 0.6) is 0 Å². The van der Waals surface area contributed by atoms with Crippen molar-refractivity contribution in [3.63, 3.8) is 0 Å². The van der Waals surface area contributed by atoms with E-state index in [1.54, 1.807) is 13.2 Å². The molecule has 1 fully saturated rings. The number of methoxy groups -OCH3 is 1. The number of ether oxygens (including phenoxy) is 1. The molecule has 1 aliphatic carbocycles. The second-order valence-electron chi connectivity index (χ2n) is 5.55. The van der Waals surface area contributed by atoms with Crippen LogP contribution in [0.3, 0.4) is 0 Å². The van der Waals surface area contributed by atoms with Gasteiger partial charge in [0.2, 0.25) is 5.95 Å². The number of rotatable bonds is 5. The lowest BCUT2D eigenvalue weighted by Crippen LogP contribution is -2.15. The zero-order chi connectivity index (χ0) is 14.3. The van der Waals surface area contributed by atoms with Crippen molar-refractivity contribution in [3.05, 3.63) is 23.0 Å². The van der Waals surface area contributed by atoms with E-state index in [-0.39, 0.29) is 10.4 Å². The largest absolute Gasteiger partial charge is 0.385 e. The Kier molecular flexibility index (Phi) is 3.34. The molecule has 0 saturated heterocycles. The minimum Gasteiger partial charge on any atom is -0.385 e. The summed E-state index contributed by atoms with van der Waals surface area (Å²) in [6.45, 7) is 1.52. The Hall–Kier alpha value is -1.33. The van der Waals surface area contributed by atoms with Crippen molar-refractivity contribution in [2.45, 2.75) is 25.8 Å². The molecule has 108 valence electrons. The van der Waals surface area contributed by atoms with Crippen molar-refractivity contribution < 1.29 is 9.13 Å². The van der Waals surface area contributed by atoms with Gasteiger partial charge >= 0.3 is 0 Å². The molecule has 20 heavy (non-hydrogen) atoms. The minimum absolute atomic E-state index is 0.0976. The van der Waals surface area contributed by atoms with Gasteiger partial charge in [-0.3, -0.25) is 0 Å². The number of anilines is 1. The predicted molar refractivity (Wildman–Crippen MR) is 77.3 cm³/mol. The molecule has 2 N–H and O–H groups in total. The number of imidazole rings is 1. The lowest BCUT2D eigenvalue weighted by molar-refractivity contribution is 0.167. The van der Waals surface area contributed by atoms with Gasteiger partial charge in [0.1, 0.15) is 5.82 Å². The number of nitrogens with zero attached hydrogens (tertiary/aromatic N) is 2. The third-order valence-corrected chi connectivity index (χ3v) is 4.40. The van der Waals surface area contributed by atoms with Crippen molar-refractivity contribution in [1.82, 2.24) is 9.55 Å². The molecule has 2 aromatic rings. The SMILES string of the molecule is COCCC1(Cn2c(N)nc3cc(F)c(Cl)cc32)CC1. The van der Waals surface area contributed by atoms with E-state index < -0.39 is 5.82 Å². The first-order valence-corrected chi connectivity index (χ1v) is 7.02. The maximum absolute atomic E-state index is 13.5. The Bertz CT molecular complexity index is 651. The Labute approximate surface area is 121 Å². The van der Waals surface area contributed by atoms with Crippen LogP contribution in [0.2, 0.25) is 5.02 Å². The predicted octanol–water partition coefficient (Wildman–Crippen LogP) is 3.23. The van der Waals surface area contributed by atoms with E-state index in [0.29, 0.717) is 11.5 Å². The maximum Gasteiger partial charge on any atom is 0.201 e. The monoisotopic (exact) mass is 297 g/mol. The highest BCUT2D eigenvalue weighted by atomic mass is 35.5. The Morgan fingerprint density at radius 2 is 2.25 bits per heavy atom. The molecule has 6 heteroatoms. The molecule has 0 radical (unpaired) electrons. The molecule has 0 aliphatic heterocycles. The van der Waals surface area contributed by atoms with Gasteiger partial charge in [0, 0.05) is 26.3 Å². The van der Waals surface area contributed by atoms with Crippen LogP contribution in [-0.4, -0.2) is 23.3 Å². The van der Waals surface area contributed by atoms with Crippen molar-refractivity contribution in [3.8, 4) is 0 Å². The lowest BCUT2D eigenvalue weighted by atomic mass is 10.0. The van der Waals surface area contributed by atoms with Gasteiger partial charge in [-0.25, -0.2) is 9.37 Å². The van der Waals surface area contributed by atoms with Gasteiger partial charge in [-0.1, -0.05) is 11.6 Å². The Balaban J connectivity index is 1.95. The topological polar surface area (TPSA) is 53.1 Å². The number of nitrogens with two attached hydrogens (primary N) is 1. The fraction of sp³-hybridized carbons (Fsp3) is 0.500. The van der Waals surface area contributed by atoms with Crippen molar-refractivity contribution >= 4 is 28.6 Å². The number of benzene rings is 1. The molecule has 1 aliphatic rings. The van der Waals surface area contributed by atoms with Crippen LogP contribution in [-0.2, 0) is 11.3 Å². The molecule has 3 rings (SSSR count). The second kappa shape index (κ2) is 4.90. The summed E-state index contributed by atoms with van der Waals surface area (Å²) in [7, 11) is 1.71. The average Bonchev–Trinajstić information content (AvgIpc) is 3.12. The molecule has 0 atom stereocenters. The highest BCUT2D eigenvalue weighted by Gasteiger charge is 2.42. The van der Waals surface area contributed by atoms with Crippen LogP contribution in [0, 0.1) is 11.2 Å². The first-order chi connectivity index (χ1) is 9.54. The number of hydrogen-bond acceptors (Lipinski definition) is 3. The molecular formula is C14H17ClFN3O. The van der Waals surface area contributed by atoms with Crippen molar-refractivity contribution in [1.29, 1.82) is 0 Å². The summed E-state index contributed by atoms with van der Waals surface area (Å²) in [4.78, 5) is 4.22. The smallest absolute Gasteiger partial charge is 0.201 e. The number of fused-ring (bicyclic) bond motifs is 1. The van der Waals surface area contributed by atoms with E-state index in [1.807, 2.05) is 4.57 Å². The summed E-state index contributed by atoms with van der Waals surface area (Å²) >= 11 is 5.86. The van der Waals surface area contributed by atoms with Gasteiger partial charge in [0.25, 0.3) is 0 Å². The van der Waals surface area contributed by atoms with Gasteiger partial charge in [-0.2, -0.15) is 0 Å². The van der Waals surface area contributed by atoms with Gasteiger partial charge in [0.05, 0.1) is 16.1 Å². The molecule has 4 nitrogen and oxygen atoms in total. The van der Waals surface area contributed by atoms with E-state index in [2.05, 4.69) is 4.98 Å². The normalized spacial score (nSPS) is 16.8. The third-order valence-electron chi connectivity index (χ3n) is 4.11. The zero-order valence-corrected chi connectivity index (χ0v) is 12.1. The van der Waals surface area contributed by atoms with Crippen LogP contribution in [0.15, 0.2) is 12.1 Å². The minimum atomic E-state index is -0.468. The van der Waals surface area contributed by atoms with E-state index >= 15 is 0 Å². The number of hydrogen-bond donors (Lipinski definition) is 1. The molecule has 0 amide bonds. The highest BCUT2D eigenvalue weighted by Crippen LogP contribution is 2.51. The Morgan fingerprint density at radius 1 is 1.50 bits per heavy atom. The summed E-state index contributed by atoms with van der Waals surface area (Å²) in [6.07, 6.45) is 3.31. The standard InChI is InChI=1S/C14H17ClFN3O/c1-20-5-4-14(2-3-14)8-19-12-6-9(15)10(16)7-11(12)18-13(19)17/h6-7H,2-5,8H2,1H3,(H2,17,18). The second-order valence-corrected chi connectivity index (χ2v) is 5.96. The molecule has 1 aromatic carbocycles. The molecule has 1 heterocycles. The average molecular weight is 298 g/mol. The van der Waals surface area contributed by atoms with E-state index in [0.717, 1.165) is 37.9 Å². The summed E-state index contributed by atoms with van der Waals surface area (Å²) < 4.78 is 20.6. The van der Waals surface area contributed by atoms with Gasteiger partial charge in [-0.15, -0.1) is 0 Å². The van der Waals surface area contributed by atoms with Crippen LogP contribution < -0.4 is 5.73 Å². The quantitative estimate of drug-likeness (QED) is 0.922. The maximum atomic E-state index is 13.5. The zero-order valence-electron chi connectivity index (χ0n) is 11.3. The van der Waals surface area contributed by atoms with Crippen LogP contribution in [0.1, 0.15) is 19.3 Å². The number of aromatic nitrogens is 2. The van der Waals surface area contributed by atoms with Crippen LogP contribution >= 0.6 is 11.6 Å². The Morgan fingerprint density at radius 3 is 2.90 bits per heavy atom. The molecule has 1 aromatic heterocycles. The van der Waals surface area contributed by atoms with Crippen molar-refractivity contribution in [2.24, 2.45) is 5.41 Å². The van der Waals surface area contributed by atoms with Gasteiger partial charge in [0.15, 0.2) is 0 Å². The third kappa shape index (κ3) is 2.36. The fourth-order valence-corrected chi connectivity index (χ4v) is 2.78. The first-order valence-electron chi connectivity index (χ1n) is 6.64. The van der Waals surface area contributed by atoms with Crippen molar-refractivity contribution in [2.75, 3.05) is 19.5 Å². The van der Waals surface area contributed by atoms with Gasteiger partial charge in [-0.05, 0) is 30.7 Å². The molecule has 1 saturated carbocycles. The summed E-state index contributed by atoms with van der Waals surface area (Å²) in [5, 5.41) is 0.0976. The molecule has 0 spiro atoms. The summed E-state index contributed by atoms with van der Waals surface area (Å²) in [5.74, 6) is -0.0605.